The molecule has 2 atom stereocenters. The zero-order chi connectivity index (χ0) is 20.2. The maximum Gasteiger partial charge on any atom is 0.273 e. The monoisotopic (exact) mass is 418 g/mol. The Morgan fingerprint density at radius 2 is 1.73 bits per heavy atom. The highest BCUT2D eigenvalue weighted by Gasteiger charge is 2.49. The van der Waals surface area contributed by atoms with Crippen LogP contribution in [-0.4, -0.2) is 55.9 Å². The van der Waals surface area contributed by atoms with Gasteiger partial charge in [-0.05, 0) is 58.5 Å². The fourth-order valence-corrected chi connectivity index (χ4v) is 11.2. The molecule has 4 nitrogen and oxygen atoms in total. The molecule has 0 aromatic carbocycles. The number of epoxide rings is 1. The molecule has 0 saturated carbocycles. The number of hydrogen-bond acceptors (Lipinski definition) is 4. The third-order valence-corrected chi connectivity index (χ3v) is 13.9. The van der Waals surface area contributed by atoms with Crippen LogP contribution in [0.15, 0.2) is 12.0 Å². The second-order valence-corrected chi connectivity index (χ2v) is 23.4. The maximum absolute atomic E-state index is 6.65. The average molecular weight is 419 g/mol. The molecular formula is C19H42O4Si3. The maximum atomic E-state index is 6.65. The minimum Gasteiger partial charge on any atom is -0.549 e. The van der Waals surface area contributed by atoms with E-state index in [1.165, 1.54) is 0 Å². The van der Waals surface area contributed by atoms with Crippen molar-refractivity contribution in [2.75, 3.05) is 19.8 Å². The Hall–Kier alpha value is 0.0706. The van der Waals surface area contributed by atoms with E-state index in [2.05, 4.69) is 66.3 Å². The average Bonchev–Trinajstić information content (AvgIpc) is 3.28. The molecule has 0 N–H and O–H groups in total. The predicted octanol–water partition coefficient (Wildman–Crippen LogP) is 5.33. The first-order valence-electron chi connectivity index (χ1n) is 10.0. The van der Waals surface area contributed by atoms with Crippen molar-refractivity contribution in [3.63, 3.8) is 0 Å². The number of rotatable bonds is 13. The lowest BCUT2D eigenvalue weighted by Gasteiger charge is -2.46. The van der Waals surface area contributed by atoms with Crippen LogP contribution in [0, 0.1) is 0 Å². The summed E-state index contributed by atoms with van der Waals surface area (Å²) in [7, 11) is -5.41. The molecule has 1 aliphatic rings. The van der Waals surface area contributed by atoms with Gasteiger partial charge in [-0.25, -0.2) is 0 Å². The molecule has 0 aromatic rings. The van der Waals surface area contributed by atoms with E-state index in [1.54, 1.807) is 0 Å². The van der Waals surface area contributed by atoms with E-state index in [4.69, 9.17) is 18.3 Å². The van der Waals surface area contributed by atoms with Crippen molar-refractivity contribution in [3.05, 3.63) is 12.0 Å². The summed E-state index contributed by atoms with van der Waals surface area (Å²) >= 11 is 0. The van der Waals surface area contributed by atoms with Crippen molar-refractivity contribution in [2.45, 2.75) is 89.9 Å². The van der Waals surface area contributed by atoms with Gasteiger partial charge < -0.3 is 18.3 Å². The largest absolute Gasteiger partial charge is 0.549 e. The molecule has 0 amide bonds. The normalized spacial score (nSPS) is 20.6. The fraction of sp³-hybridized carbons (Fsp3) is 0.895. The minimum absolute atomic E-state index is 0.182. The Morgan fingerprint density at radius 1 is 1.15 bits per heavy atom. The van der Waals surface area contributed by atoms with Crippen LogP contribution in [-0.2, 0) is 18.3 Å². The van der Waals surface area contributed by atoms with Crippen molar-refractivity contribution in [1.82, 2.24) is 0 Å². The standard InChI is InChI=1S/C19H42O4Si3/c1-11-19(3,23-24(4,5)6)26(9,10)22-17(2)25(7,8)14-12-13-20-15-18-16-21-18/h18H,2,11-16H2,1,3-10H3. The van der Waals surface area contributed by atoms with Gasteiger partial charge in [-0.3, -0.25) is 0 Å². The summed E-state index contributed by atoms with van der Waals surface area (Å²) in [5.41, 5.74) is 0. The van der Waals surface area contributed by atoms with Crippen LogP contribution in [0.3, 0.4) is 0 Å². The van der Waals surface area contributed by atoms with E-state index in [1.807, 2.05) is 0 Å². The predicted molar refractivity (Wildman–Crippen MR) is 118 cm³/mol. The lowest BCUT2D eigenvalue weighted by molar-refractivity contribution is 0.117. The van der Waals surface area contributed by atoms with Gasteiger partial charge in [0, 0.05) is 6.61 Å². The van der Waals surface area contributed by atoms with Crippen molar-refractivity contribution in [3.8, 4) is 0 Å². The highest BCUT2D eigenvalue weighted by molar-refractivity contribution is 6.85. The molecule has 0 aromatic heterocycles. The first-order chi connectivity index (χ1) is 11.7. The second-order valence-electron chi connectivity index (χ2n) is 9.85. The third kappa shape index (κ3) is 7.60. The molecule has 0 aliphatic carbocycles. The van der Waals surface area contributed by atoms with Gasteiger partial charge in [-0.2, -0.15) is 0 Å². The van der Waals surface area contributed by atoms with Gasteiger partial charge in [0.2, 0.25) is 0 Å². The van der Waals surface area contributed by atoms with Crippen LogP contribution in [0.25, 0.3) is 0 Å². The van der Waals surface area contributed by atoms with Crippen LogP contribution in [0.2, 0.25) is 51.9 Å². The van der Waals surface area contributed by atoms with E-state index in [-0.39, 0.29) is 5.22 Å². The van der Waals surface area contributed by atoms with E-state index in [0.717, 1.165) is 44.1 Å². The lowest BCUT2D eigenvalue weighted by Crippen LogP contribution is -2.60. The third-order valence-electron chi connectivity index (χ3n) is 5.41. The first-order valence-corrected chi connectivity index (χ1v) is 19.5. The van der Waals surface area contributed by atoms with Gasteiger partial charge in [0.05, 0.1) is 23.8 Å². The Morgan fingerprint density at radius 3 is 2.19 bits per heavy atom. The Balaban J connectivity index is 2.59. The van der Waals surface area contributed by atoms with Crippen molar-refractivity contribution in [2.24, 2.45) is 0 Å². The van der Waals surface area contributed by atoms with Gasteiger partial charge in [-0.1, -0.05) is 26.6 Å². The van der Waals surface area contributed by atoms with Crippen molar-refractivity contribution >= 4 is 24.7 Å². The smallest absolute Gasteiger partial charge is 0.273 e. The van der Waals surface area contributed by atoms with Gasteiger partial charge >= 0.3 is 0 Å². The molecule has 0 radical (unpaired) electrons. The van der Waals surface area contributed by atoms with E-state index in [9.17, 15) is 0 Å². The summed E-state index contributed by atoms with van der Waals surface area (Å²) < 4.78 is 24.1. The molecule has 1 aliphatic heterocycles. The molecule has 0 spiro atoms. The summed E-state index contributed by atoms with van der Waals surface area (Å²) in [5, 5.41) is 0.844. The summed E-state index contributed by atoms with van der Waals surface area (Å²) in [6, 6.07) is 1.14. The van der Waals surface area contributed by atoms with Gasteiger partial charge in [0.25, 0.3) is 8.32 Å². The van der Waals surface area contributed by atoms with Crippen LogP contribution >= 0.6 is 0 Å². The first kappa shape index (κ1) is 24.1. The molecule has 1 fully saturated rings. The minimum atomic E-state index is -2.10. The Kier molecular flexibility index (Phi) is 8.39. The van der Waals surface area contributed by atoms with Crippen LogP contribution in [0.5, 0.6) is 0 Å². The van der Waals surface area contributed by atoms with Crippen molar-refractivity contribution < 1.29 is 18.3 Å². The topological polar surface area (TPSA) is 40.2 Å². The van der Waals surface area contributed by atoms with Crippen molar-refractivity contribution in [1.29, 1.82) is 0 Å². The molecule has 1 rings (SSSR count). The molecule has 1 saturated heterocycles. The van der Waals surface area contributed by atoms with Gasteiger partial charge in [-0.15, -0.1) is 0 Å². The molecule has 154 valence electrons. The van der Waals surface area contributed by atoms with Crippen LogP contribution < -0.4 is 0 Å². The summed E-state index contributed by atoms with van der Waals surface area (Å²) in [4.78, 5) is 0. The van der Waals surface area contributed by atoms with E-state index < -0.39 is 24.7 Å². The van der Waals surface area contributed by atoms with Gasteiger partial charge in [0.15, 0.2) is 8.32 Å². The zero-order valence-electron chi connectivity index (χ0n) is 18.7. The highest BCUT2D eigenvalue weighted by Crippen LogP contribution is 2.35. The van der Waals surface area contributed by atoms with Crippen LogP contribution in [0.1, 0.15) is 26.7 Å². The Labute approximate surface area is 164 Å². The molecule has 1 heterocycles. The molecule has 7 heteroatoms. The molecule has 26 heavy (non-hydrogen) atoms. The number of hydrogen-bond donors (Lipinski definition) is 0. The van der Waals surface area contributed by atoms with Crippen LogP contribution in [0.4, 0.5) is 0 Å². The SMILES string of the molecule is C=C(O[Si](C)(C)C(C)(CC)O[Si](C)(C)C)[Si](C)(C)CCCOCC1CO1. The second kappa shape index (κ2) is 9.05. The fourth-order valence-electron chi connectivity index (χ4n) is 2.99. The lowest BCUT2D eigenvalue weighted by atomic mass is 10.3. The zero-order valence-corrected chi connectivity index (χ0v) is 21.7. The van der Waals surface area contributed by atoms with E-state index >= 15 is 0 Å². The molecule has 2 unspecified atom stereocenters. The summed E-state index contributed by atoms with van der Waals surface area (Å²) in [6.07, 6.45) is 2.39. The summed E-state index contributed by atoms with van der Waals surface area (Å²) in [6.45, 7) is 27.3. The molecular weight excluding hydrogens is 376 g/mol. The quantitative estimate of drug-likeness (QED) is 0.175. The van der Waals surface area contributed by atoms with Gasteiger partial charge in [0.1, 0.15) is 14.2 Å². The Bertz CT molecular complexity index is 470. The number of ether oxygens (including phenoxy) is 2. The molecule has 0 bridgehead atoms. The summed E-state index contributed by atoms with van der Waals surface area (Å²) in [5.74, 6) is 0. The van der Waals surface area contributed by atoms with E-state index in [0.29, 0.717) is 6.10 Å². The highest BCUT2D eigenvalue weighted by atomic mass is 28.4.